The number of carbonyl (C=O) groups is 2. The Labute approximate surface area is 116 Å². The summed E-state index contributed by atoms with van der Waals surface area (Å²) in [4.78, 5) is 24.1. The molecule has 0 saturated carbocycles. The number of ketones is 1. The Bertz CT molecular complexity index is 537. The molecule has 0 aromatic heterocycles. The van der Waals surface area contributed by atoms with E-state index in [-0.39, 0.29) is 18.6 Å². The molecule has 0 aliphatic carbocycles. The van der Waals surface area contributed by atoms with Crippen molar-refractivity contribution in [3.8, 4) is 0 Å². The van der Waals surface area contributed by atoms with E-state index in [1.165, 1.54) is 0 Å². The summed E-state index contributed by atoms with van der Waals surface area (Å²) in [6, 6.07) is 6.88. The number of hydrogen-bond acceptors (Lipinski definition) is 3. The van der Waals surface area contributed by atoms with Gasteiger partial charge in [-0.3, -0.25) is 14.7 Å². The summed E-state index contributed by atoms with van der Waals surface area (Å²) in [6.45, 7) is 0.775. The van der Waals surface area contributed by atoms with Crippen molar-refractivity contribution >= 4 is 23.3 Å². The van der Waals surface area contributed by atoms with Crippen LogP contribution in [0.25, 0.3) is 0 Å². The molecule has 6 nitrogen and oxygen atoms in total. The van der Waals surface area contributed by atoms with Gasteiger partial charge in [0.05, 0.1) is 19.4 Å². The first kappa shape index (κ1) is 14.0. The minimum absolute atomic E-state index is 0.00210. The van der Waals surface area contributed by atoms with Gasteiger partial charge in [0.2, 0.25) is 0 Å². The predicted octanol–water partition coefficient (Wildman–Crippen LogP) is 0.311. The van der Waals surface area contributed by atoms with Gasteiger partial charge in [-0.15, -0.1) is 0 Å². The van der Waals surface area contributed by atoms with Crippen LogP contribution in [0.2, 0.25) is 0 Å². The number of carbonyl (C=O) groups excluding carboxylic acids is 1. The van der Waals surface area contributed by atoms with Crippen LogP contribution in [0.1, 0.15) is 36.0 Å². The topological polar surface area (TPSA) is 94.6 Å². The Kier molecular flexibility index (Phi) is 4.34. The molecule has 1 aliphatic heterocycles. The van der Waals surface area contributed by atoms with Crippen LogP contribution in [0.3, 0.4) is 0 Å². The van der Waals surface area contributed by atoms with Crippen molar-refractivity contribution in [2.75, 3.05) is 11.4 Å². The highest BCUT2D eigenvalue weighted by atomic mass is 16.4. The third-order valence-corrected chi connectivity index (χ3v) is 3.31. The molecule has 0 unspecified atom stereocenters. The lowest BCUT2D eigenvalue weighted by Gasteiger charge is -2.12. The maximum atomic E-state index is 11.8. The standard InChI is InChI=1S/C14H16N2O4/c17-12(7-8-14(18)19)10-3-5-11(6-4-10)16-9-1-2-13(16)15-20/h3-6,15H,1-2,7-9H2,(H-,18,19,20)/b15-13-. The molecular formula is C14H16N2O4. The van der Waals surface area contributed by atoms with Gasteiger partial charge in [-0.05, 0) is 30.7 Å². The molecule has 0 radical (unpaired) electrons. The minimum atomic E-state index is -0.979. The normalized spacial score (nSPS) is 16.6. The van der Waals surface area contributed by atoms with Gasteiger partial charge in [0.15, 0.2) is 5.78 Å². The van der Waals surface area contributed by atoms with Crippen molar-refractivity contribution in [2.45, 2.75) is 25.7 Å². The second-order valence-electron chi connectivity index (χ2n) is 4.67. The van der Waals surface area contributed by atoms with Crippen LogP contribution in [0, 0.1) is 5.21 Å². The summed E-state index contributed by atoms with van der Waals surface area (Å²) >= 11 is 0. The lowest BCUT2D eigenvalue weighted by Crippen LogP contribution is -2.68. The van der Waals surface area contributed by atoms with E-state index in [0.717, 1.165) is 25.1 Å². The largest absolute Gasteiger partial charge is 0.717 e. The van der Waals surface area contributed by atoms with Gasteiger partial charge in [-0.2, -0.15) is 0 Å². The van der Waals surface area contributed by atoms with Crippen LogP contribution in [0.4, 0.5) is 5.69 Å². The summed E-state index contributed by atoms with van der Waals surface area (Å²) in [5, 5.41) is 21.3. The minimum Gasteiger partial charge on any atom is -0.717 e. The number of carboxylic acids is 1. The smallest absolute Gasteiger partial charge is 0.303 e. The van der Waals surface area contributed by atoms with Crippen molar-refractivity contribution in [3.63, 3.8) is 0 Å². The molecule has 20 heavy (non-hydrogen) atoms. The lowest BCUT2D eigenvalue weighted by atomic mass is 10.1. The Morgan fingerprint density at radius 1 is 1.25 bits per heavy atom. The van der Waals surface area contributed by atoms with E-state index in [0.29, 0.717) is 11.4 Å². The average molecular weight is 276 g/mol. The van der Waals surface area contributed by atoms with Gasteiger partial charge in [-0.1, -0.05) is 0 Å². The van der Waals surface area contributed by atoms with Gasteiger partial charge in [0.1, 0.15) is 5.69 Å². The molecule has 1 fully saturated rings. The van der Waals surface area contributed by atoms with Crippen molar-refractivity contribution in [1.82, 2.24) is 0 Å². The number of rotatable bonds is 5. The van der Waals surface area contributed by atoms with Crippen LogP contribution in [0.5, 0.6) is 0 Å². The van der Waals surface area contributed by atoms with Crippen LogP contribution in [-0.4, -0.2) is 29.2 Å². The molecular weight excluding hydrogens is 260 g/mol. The second kappa shape index (κ2) is 6.18. The number of nitrogens with zero attached hydrogens (tertiary/aromatic N) is 1. The Morgan fingerprint density at radius 3 is 2.55 bits per heavy atom. The third-order valence-electron chi connectivity index (χ3n) is 3.31. The predicted molar refractivity (Wildman–Crippen MR) is 73.6 cm³/mol. The number of benzene rings is 1. The monoisotopic (exact) mass is 276 g/mol. The molecule has 2 rings (SSSR count). The Morgan fingerprint density at radius 2 is 1.95 bits per heavy atom. The molecule has 1 saturated heterocycles. The molecule has 0 bridgehead atoms. The molecule has 1 aromatic rings. The molecule has 0 spiro atoms. The number of aliphatic carboxylic acids is 1. The van der Waals surface area contributed by atoms with Crippen LogP contribution >= 0.6 is 0 Å². The zero-order valence-electron chi connectivity index (χ0n) is 11.0. The summed E-state index contributed by atoms with van der Waals surface area (Å²) in [6.07, 6.45) is 1.48. The quantitative estimate of drug-likeness (QED) is 0.458. The van der Waals surface area contributed by atoms with E-state index in [1.54, 1.807) is 24.3 Å². The van der Waals surface area contributed by atoms with Gasteiger partial charge in [-0.25, -0.2) is 4.90 Å². The molecule has 1 heterocycles. The lowest BCUT2D eigenvalue weighted by molar-refractivity contribution is -0.375. The molecule has 0 amide bonds. The number of nitrogens with one attached hydrogen (secondary N) is 1. The summed E-state index contributed by atoms with van der Waals surface area (Å²) in [7, 11) is 0. The van der Waals surface area contributed by atoms with Crippen LogP contribution in [-0.2, 0) is 4.79 Å². The summed E-state index contributed by atoms with van der Waals surface area (Å²) in [5.74, 6) is -0.533. The zero-order valence-corrected chi connectivity index (χ0v) is 11.0. The first-order valence-corrected chi connectivity index (χ1v) is 6.48. The van der Waals surface area contributed by atoms with Gasteiger partial charge in [0.25, 0.3) is 5.84 Å². The number of carboxylic acid groups (broad SMARTS) is 1. The Balaban J connectivity index is 2.06. The van der Waals surface area contributed by atoms with E-state index in [2.05, 4.69) is 0 Å². The molecule has 1 aromatic carbocycles. The number of Topliss-reactive ketones (excluding diaryl/α,β-unsaturated/α-hetero) is 1. The fourth-order valence-electron chi connectivity index (χ4n) is 2.26. The molecule has 0 atom stereocenters. The van der Waals surface area contributed by atoms with Gasteiger partial charge >= 0.3 is 5.97 Å². The van der Waals surface area contributed by atoms with Gasteiger partial charge < -0.3 is 10.3 Å². The van der Waals surface area contributed by atoms with E-state index >= 15 is 0 Å². The SMILES string of the molecule is O=C(O)CCC(=O)c1ccc(N2CCC/C2=[NH+]/[O-])cc1. The molecule has 106 valence electrons. The summed E-state index contributed by atoms with van der Waals surface area (Å²) in [5.41, 5.74) is 1.35. The maximum absolute atomic E-state index is 11.8. The highest BCUT2D eigenvalue weighted by Gasteiger charge is 2.26. The Hall–Kier alpha value is -2.37. The molecule has 2 N–H and O–H groups in total. The van der Waals surface area contributed by atoms with Crippen molar-refractivity contribution < 1.29 is 19.9 Å². The maximum Gasteiger partial charge on any atom is 0.303 e. The first-order valence-electron chi connectivity index (χ1n) is 6.48. The number of hydrogen-bond donors (Lipinski definition) is 2. The van der Waals surface area contributed by atoms with Crippen molar-refractivity contribution in [2.24, 2.45) is 0 Å². The fourth-order valence-corrected chi connectivity index (χ4v) is 2.26. The second-order valence-corrected chi connectivity index (χ2v) is 4.67. The number of anilines is 1. The first-order chi connectivity index (χ1) is 9.61. The highest BCUT2D eigenvalue weighted by molar-refractivity contribution is 5.99. The van der Waals surface area contributed by atoms with Gasteiger partial charge in [0, 0.05) is 12.0 Å². The van der Waals surface area contributed by atoms with Crippen LogP contribution in [0.15, 0.2) is 24.3 Å². The number of amidine groups is 1. The van der Waals surface area contributed by atoms with Crippen molar-refractivity contribution in [3.05, 3.63) is 35.0 Å². The average Bonchev–Trinajstić information content (AvgIpc) is 2.93. The summed E-state index contributed by atoms with van der Waals surface area (Å²) < 4.78 is 0. The molecule has 1 aliphatic rings. The third kappa shape index (κ3) is 3.14. The van der Waals surface area contributed by atoms with Crippen molar-refractivity contribution in [1.29, 1.82) is 0 Å². The van der Waals surface area contributed by atoms with E-state index in [1.807, 2.05) is 10.1 Å². The van der Waals surface area contributed by atoms with E-state index in [4.69, 9.17) is 5.11 Å². The zero-order chi connectivity index (χ0) is 14.5. The molecule has 6 heteroatoms. The van der Waals surface area contributed by atoms with E-state index < -0.39 is 5.97 Å². The van der Waals surface area contributed by atoms with Crippen LogP contribution < -0.4 is 10.1 Å². The highest BCUT2D eigenvalue weighted by Crippen LogP contribution is 2.21. The van der Waals surface area contributed by atoms with E-state index in [9.17, 15) is 14.8 Å². The fraction of sp³-hybridized carbons (Fsp3) is 0.357.